The molecule has 0 saturated heterocycles. The molecule has 23 heavy (non-hydrogen) atoms. The molecular formula is C19H17ClFNO. The zero-order valence-electron chi connectivity index (χ0n) is 12.5. The van der Waals surface area contributed by atoms with Crippen molar-refractivity contribution >= 4 is 23.6 Å². The van der Waals surface area contributed by atoms with Crippen molar-refractivity contribution in [1.29, 1.82) is 0 Å². The zero-order chi connectivity index (χ0) is 16.2. The molecule has 0 aromatic heterocycles. The third kappa shape index (κ3) is 4.20. The number of amides is 1. The van der Waals surface area contributed by atoms with E-state index in [1.165, 1.54) is 18.2 Å². The van der Waals surface area contributed by atoms with E-state index in [0.717, 1.165) is 18.4 Å². The van der Waals surface area contributed by atoms with Gasteiger partial charge in [0.2, 0.25) is 5.91 Å². The molecule has 1 saturated carbocycles. The first-order valence-corrected chi connectivity index (χ1v) is 8.00. The lowest BCUT2D eigenvalue weighted by atomic mass is 10.0. The molecule has 1 N–H and O–H groups in total. The highest BCUT2D eigenvalue weighted by atomic mass is 35.5. The highest BCUT2D eigenvalue weighted by Crippen LogP contribution is 2.40. The molecule has 1 atom stereocenters. The van der Waals surface area contributed by atoms with E-state index in [9.17, 15) is 9.18 Å². The van der Waals surface area contributed by atoms with Crippen molar-refractivity contribution in [2.24, 2.45) is 5.92 Å². The van der Waals surface area contributed by atoms with Crippen LogP contribution in [0.25, 0.3) is 6.08 Å². The summed E-state index contributed by atoms with van der Waals surface area (Å²) in [6.07, 6.45) is 5.37. The Bertz CT molecular complexity index is 725. The fourth-order valence-electron chi connectivity index (χ4n) is 2.55. The van der Waals surface area contributed by atoms with Crippen LogP contribution in [0, 0.1) is 11.7 Å². The van der Waals surface area contributed by atoms with Crippen LogP contribution >= 0.6 is 11.6 Å². The highest BCUT2D eigenvalue weighted by molar-refractivity contribution is 6.30. The lowest BCUT2D eigenvalue weighted by Crippen LogP contribution is -2.28. The molecule has 0 radical (unpaired) electrons. The minimum atomic E-state index is -0.467. The first-order valence-electron chi connectivity index (χ1n) is 7.62. The number of nitrogens with one attached hydrogen (secondary N) is 1. The van der Waals surface area contributed by atoms with Gasteiger partial charge in [0.25, 0.3) is 0 Å². The molecule has 1 aliphatic carbocycles. The van der Waals surface area contributed by atoms with Gasteiger partial charge in [-0.2, -0.15) is 0 Å². The van der Waals surface area contributed by atoms with E-state index in [-0.39, 0.29) is 17.0 Å². The number of carbonyl (C=O) groups excluding carboxylic acids is 1. The summed E-state index contributed by atoms with van der Waals surface area (Å²) in [7, 11) is 0. The maximum Gasteiger partial charge on any atom is 0.244 e. The molecule has 1 amide bonds. The van der Waals surface area contributed by atoms with Crippen LogP contribution in [0.4, 0.5) is 4.39 Å². The third-order valence-corrected chi connectivity index (χ3v) is 4.21. The average Bonchev–Trinajstić information content (AvgIpc) is 3.39. The molecule has 0 aliphatic heterocycles. The second-order valence-corrected chi connectivity index (χ2v) is 6.15. The van der Waals surface area contributed by atoms with Crippen molar-refractivity contribution < 1.29 is 9.18 Å². The van der Waals surface area contributed by atoms with Crippen LogP contribution in [-0.2, 0) is 4.79 Å². The molecule has 0 heterocycles. The van der Waals surface area contributed by atoms with E-state index in [0.29, 0.717) is 11.5 Å². The maximum absolute atomic E-state index is 13.1. The van der Waals surface area contributed by atoms with Gasteiger partial charge in [-0.15, -0.1) is 0 Å². The van der Waals surface area contributed by atoms with E-state index in [4.69, 9.17) is 11.6 Å². The predicted molar refractivity (Wildman–Crippen MR) is 90.5 cm³/mol. The lowest BCUT2D eigenvalue weighted by Gasteiger charge is -2.17. The average molecular weight is 330 g/mol. The van der Waals surface area contributed by atoms with Gasteiger partial charge in [0.05, 0.1) is 11.1 Å². The molecule has 3 rings (SSSR count). The number of hydrogen-bond acceptors (Lipinski definition) is 1. The first-order chi connectivity index (χ1) is 11.1. The largest absolute Gasteiger partial charge is 0.345 e. The first kappa shape index (κ1) is 15.8. The molecule has 4 heteroatoms. The highest BCUT2D eigenvalue weighted by Gasteiger charge is 2.32. The fraction of sp³-hybridized carbons (Fsp3) is 0.211. The Morgan fingerprint density at radius 2 is 1.96 bits per heavy atom. The second-order valence-electron chi connectivity index (χ2n) is 5.74. The SMILES string of the molecule is O=C(/C=C/c1ccc(F)c(Cl)c1)NC(c1ccccc1)C1CC1. The minimum absolute atomic E-state index is 0.0464. The summed E-state index contributed by atoms with van der Waals surface area (Å²) >= 11 is 5.73. The predicted octanol–water partition coefficient (Wildman–Crippen LogP) is 4.76. The quantitative estimate of drug-likeness (QED) is 0.787. The number of halogens is 2. The molecule has 2 nitrogen and oxygen atoms in total. The van der Waals surface area contributed by atoms with Crippen molar-refractivity contribution in [3.05, 3.63) is 76.6 Å². The Kier molecular flexibility index (Phi) is 4.77. The summed E-state index contributed by atoms with van der Waals surface area (Å²) < 4.78 is 13.1. The number of benzene rings is 2. The van der Waals surface area contributed by atoms with Crippen molar-refractivity contribution in [2.75, 3.05) is 0 Å². The van der Waals surface area contributed by atoms with E-state index in [1.54, 1.807) is 12.1 Å². The zero-order valence-corrected chi connectivity index (χ0v) is 13.3. The van der Waals surface area contributed by atoms with Gasteiger partial charge < -0.3 is 5.32 Å². The van der Waals surface area contributed by atoms with Crippen molar-refractivity contribution in [1.82, 2.24) is 5.32 Å². The molecule has 2 aromatic carbocycles. The van der Waals surface area contributed by atoms with Gasteiger partial charge in [-0.3, -0.25) is 4.79 Å². The van der Waals surface area contributed by atoms with E-state index >= 15 is 0 Å². The molecule has 2 aromatic rings. The molecular weight excluding hydrogens is 313 g/mol. The lowest BCUT2D eigenvalue weighted by molar-refractivity contribution is -0.117. The Morgan fingerprint density at radius 1 is 1.22 bits per heavy atom. The molecule has 1 fully saturated rings. The van der Waals surface area contributed by atoms with Gasteiger partial charge in [-0.25, -0.2) is 4.39 Å². The van der Waals surface area contributed by atoms with E-state index in [2.05, 4.69) is 5.32 Å². The van der Waals surface area contributed by atoms with Gasteiger partial charge in [0.15, 0.2) is 0 Å². The number of carbonyl (C=O) groups is 1. The van der Waals surface area contributed by atoms with Crippen LogP contribution in [0.15, 0.2) is 54.6 Å². The second kappa shape index (κ2) is 6.97. The van der Waals surface area contributed by atoms with E-state index < -0.39 is 5.82 Å². The van der Waals surface area contributed by atoms with Crippen LogP contribution in [0.2, 0.25) is 5.02 Å². The van der Waals surface area contributed by atoms with Gasteiger partial charge in [0, 0.05) is 6.08 Å². The maximum atomic E-state index is 13.1. The summed E-state index contributed by atoms with van der Waals surface area (Å²) in [6, 6.07) is 14.4. The monoisotopic (exact) mass is 329 g/mol. The van der Waals surface area contributed by atoms with Gasteiger partial charge in [-0.1, -0.05) is 48.0 Å². The normalized spacial score (nSPS) is 15.6. The number of hydrogen-bond donors (Lipinski definition) is 1. The fourth-order valence-corrected chi connectivity index (χ4v) is 2.74. The third-order valence-electron chi connectivity index (χ3n) is 3.92. The topological polar surface area (TPSA) is 29.1 Å². The molecule has 0 spiro atoms. The van der Waals surface area contributed by atoms with Gasteiger partial charge in [-0.05, 0) is 48.1 Å². The Morgan fingerprint density at radius 3 is 2.61 bits per heavy atom. The van der Waals surface area contributed by atoms with E-state index in [1.807, 2.05) is 30.3 Å². The van der Waals surface area contributed by atoms with Crippen molar-refractivity contribution in [2.45, 2.75) is 18.9 Å². The Balaban J connectivity index is 1.67. The molecule has 118 valence electrons. The van der Waals surface area contributed by atoms with Gasteiger partial charge in [0.1, 0.15) is 5.82 Å². The standard InChI is InChI=1S/C19H17ClFNO/c20-16-12-13(6-10-17(16)21)7-11-18(23)22-19(15-8-9-15)14-4-2-1-3-5-14/h1-7,10-12,15,19H,8-9H2,(H,22,23)/b11-7+. The van der Waals surface area contributed by atoms with Crippen molar-refractivity contribution in [3.63, 3.8) is 0 Å². The summed E-state index contributed by atoms with van der Waals surface area (Å²) in [5.74, 6) is -0.118. The van der Waals surface area contributed by atoms with Gasteiger partial charge >= 0.3 is 0 Å². The summed E-state index contributed by atoms with van der Waals surface area (Å²) in [5.41, 5.74) is 1.82. The molecule has 0 bridgehead atoms. The Hall–Kier alpha value is -2.13. The van der Waals surface area contributed by atoms with Crippen molar-refractivity contribution in [3.8, 4) is 0 Å². The summed E-state index contributed by atoms with van der Waals surface area (Å²) in [5, 5.41) is 3.11. The number of rotatable bonds is 5. The summed E-state index contributed by atoms with van der Waals surface area (Å²) in [4.78, 5) is 12.2. The minimum Gasteiger partial charge on any atom is -0.345 e. The van der Waals surface area contributed by atoms with Crippen LogP contribution in [0.3, 0.4) is 0 Å². The molecule has 1 aliphatic rings. The smallest absolute Gasteiger partial charge is 0.244 e. The van der Waals surface area contributed by atoms with Crippen LogP contribution in [0.1, 0.15) is 30.0 Å². The summed E-state index contributed by atoms with van der Waals surface area (Å²) in [6.45, 7) is 0. The molecule has 1 unspecified atom stereocenters. The Labute approximate surface area is 140 Å². The van der Waals surface area contributed by atoms with Crippen LogP contribution < -0.4 is 5.32 Å². The van der Waals surface area contributed by atoms with Crippen LogP contribution in [-0.4, -0.2) is 5.91 Å². The van der Waals surface area contributed by atoms with Crippen LogP contribution in [0.5, 0.6) is 0 Å².